The molecule has 0 fully saturated rings. The van der Waals surface area contributed by atoms with Crippen LogP contribution in [0, 0.1) is 0 Å². The van der Waals surface area contributed by atoms with Crippen LogP contribution in [-0.2, 0) is 10.2 Å². The molecular formula is C7H11ClN2O2S2. The first-order valence-corrected chi connectivity index (χ1v) is 6.68. The zero-order chi connectivity index (χ0) is 10.8. The molecule has 0 atom stereocenters. The summed E-state index contributed by atoms with van der Waals surface area (Å²) in [5.74, 6) is 0. The number of nitrogens with one attached hydrogen (secondary N) is 2. The molecule has 0 bridgehead atoms. The lowest BCUT2D eigenvalue weighted by atomic mass is 10.4. The molecule has 1 rings (SSSR count). The zero-order valence-corrected chi connectivity index (χ0v) is 10.1. The molecule has 1 aromatic rings. The van der Waals surface area contributed by atoms with E-state index in [-0.39, 0.29) is 6.04 Å². The van der Waals surface area contributed by atoms with E-state index in [1.54, 1.807) is 25.3 Å². The summed E-state index contributed by atoms with van der Waals surface area (Å²) in [6.07, 6.45) is 0. The third-order valence-electron chi connectivity index (χ3n) is 1.25. The van der Waals surface area contributed by atoms with Gasteiger partial charge in [-0.3, -0.25) is 4.72 Å². The van der Waals surface area contributed by atoms with E-state index < -0.39 is 10.2 Å². The van der Waals surface area contributed by atoms with Gasteiger partial charge in [-0.1, -0.05) is 11.6 Å². The monoisotopic (exact) mass is 254 g/mol. The Balaban J connectivity index is 2.74. The molecule has 0 aromatic carbocycles. The van der Waals surface area contributed by atoms with Gasteiger partial charge in [0.15, 0.2) is 0 Å². The van der Waals surface area contributed by atoms with Gasteiger partial charge >= 0.3 is 0 Å². The summed E-state index contributed by atoms with van der Waals surface area (Å²) in [6.45, 7) is 3.49. The fourth-order valence-corrected chi connectivity index (χ4v) is 2.94. The van der Waals surface area contributed by atoms with Gasteiger partial charge in [0.25, 0.3) is 10.2 Å². The molecule has 0 amide bonds. The molecule has 0 saturated carbocycles. The SMILES string of the molecule is CC(C)NS(=O)(=O)Nc1ccsc1Cl. The third-order valence-corrected chi connectivity index (χ3v) is 3.69. The maximum absolute atomic E-state index is 11.4. The molecule has 2 N–H and O–H groups in total. The topological polar surface area (TPSA) is 58.2 Å². The molecule has 80 valence electrons. The van der Waals surface area contributed by atoms with Crippen LogP contribution in [0.5, 0.6) is 0 Å². The Hall–Kier alpha value is -0.300. The van der Waals surface area contributed by atoms with Gasteiger partial charge in [-0.05, 0) is 25.3 Å². The average Bonchev–Trinajstić information content (AvgIpc) is 2.32. The lowest BCUT2D eigenvalue weighted by Gasteiger charge is -2.10. The molecule has 14 heavy (non-hydrogen) atoms. The predicted molar refractivity (Wildman–Crippen MR) is 60.1 cm³/mol. The lowest BCUT2D eigenvalue weighted by molar-refractivity contribution is 0.575. The highest BCUT2D eigenvalue weighted by Gasteiger charge is 2.13. The highest BCUT2D eigenvalue weighted by Crippen LogP contribution is 2.28. The molecule has 4 nitrogen and oxygen atoms in total. The Bertz CT molecular complexity index is 400. The summed E-state index contributed by atoms with van der Waals surface area (Å²) in [5, 5.41) is 1.72. The largest absolute Gasteiger partial charge is 0.299 e. The first kappa shape index (κ1) is 11.8. The van der Waals surface area contributed by atoms with Gasteiger partial charge in [0.05, 0.1) is 5.69 Å². The molecule has 0 radical (unpaired) electrons. The average molecular weight is 255 g/mol. The van der Waals surface area contributed by atoms with Crippen LogP contribution < -0.4 is 9.44 Å². The van der Waals surface area contributed by atoms with E-state index in [1.807, 2.05) is 0 Å². The van der Waals surface area contributed by atoms with Gasteiger partial charge in [0.1, 0.15) is 4.34 Å². The quantitative estimate of drug-likeness (QED) is 0.864. The van der Waals surface area contributed by atoms with E-state index in [9.17, 15) is 8.42 Å². The minimum atomic E-state index is -3.50. The second-order valence-electron chi connectivity index (χ2n) is 2.99. The minimum absolute atomic E-state index is 0.148. The molecule has 0 aliphatic rings. The molecule has 0 aliphatic carbocycles. The summed E-state index contributed by atoms with van der Waals surface area (Å²) >= 11 is 7.02. The van der Waals surface area contributed by atoms with Crippen molar-refractivity contribution in [1.82, 2.24) is 4.72 Å². The van der Waals surface area contributed by atoms with Crippen molar-refractivity contribution < 1.29 is 8.42 Å². The highest BCUT2D eigenvalue weighted by molar-refractivity contribution is 7.90. The summed E-state index contributed by atoms with van der Waals surface area (Å²) in [7, 11) is -3.50. The summed E-state index contributed by atoms with van der Waals surface area (Å²) < 4.78 is 27.9. The number of rotatable bonds is 4. The lowest BCUT2D eigenvalue weighted by Crippen LogP contribution is -2.35. The number of thiophene rings is 1. The Labute approximate surface area is 92.5 Å². The number of hydrogen-bond donors (Lipinski definition) is 2. The van der Waals surface area contributed by atoms with Gasteiger partial charge in [-0.25, -0.2) is 0 Å². The van der Waals surface area contributed by atoms with Gasteiger partial charge in [0, 0.05) is 6.04 Å². The van der Waals surface area contributed by atoms with E-state index in [1.165, 1.54) is 11.3 Å². The molecule has 7 heteroatoms. The van der Waals surface area contributed by atoms with Crippen molar-refractivity contribution >= 4 is 38.8 Å². The van der Waals surface area contributed by atoms with Crippen LogP contribution in [-0.4, -0.2) is 14.5 Å². The minimum Gasteiger partial charge on any atom is -0.269 e. The molecule has 1 heterocycles. The summed E-state index contributed by atoms with van der Waals surface area (Å²) in [6, 6.07) is 1.47. The van der Waals surface area contributed by atoms with Crippen LogP contribution in [0.25, 0.3) is 0 Å². The normalized spacial score (nSPS) is 12.0. The van der Waals surface area contributed by atoms with E-state index >= 15 is 0 Å². The fourth-order valence-electron chi connectivity index (χ4n) is 0.849. The Morgan fingerprint density at radius 3 is 2.57 bits per heavy atom. The van der Waals surface area contributed by atoms with E-state index in [0.717, 1.165) is 0 Å². The third kappa shape index (κ3) is 3.45. The second kappa shape index (κ2) is 4.48. The van der Waals surface area contributed by atoms with Crippen LogP contribution >= 0.6 is 22.9 Å². The van der Waals surface area contributed by atoms with Crippen molar-refractivity contribution in [1.29, 1.82) is 0 Å². The van der Waals surface area contributed by atoms with Crippen molar-refractivity contribution in [3.63, 3.8) is 0 Å². The summed E-state index contributed by atoms with van der Waals surface area (Å²) in [5.41, 5.74) is 0.407. The van der Waals surface area contributed by atoms with Crippen molar-refractivity contribution in [2.45, 2.75) is 19.9 Å². The Kier molecular flexibility index (Phi) is 3.77. The van der Waals surface area contributed by atoms with Crippen molar-refractivity contribution in [3.8, 4) is 0 Å². The molecule has 0 spiro atoms. The second-order valence-corrected chi connectivity index (χ2v) is 5.95. The van der Waals surface area contributed by atoms with Gasteiger partial charge in [-0.2, -0.15) is 13.1 Å². The molecular weight excluding hydrogens is 244 g/mol. The standard InChI is InChI=1S/C7H11ClN2O2S2/c1-5(2)9-14(11,12)10-6-3-4-13-7(6)8/h3-5,9-10H,1-2H3. The highest BCUT2D eigenvalue weighted by atomic mass is 35.5. The first-order valence-electron chi connectivity index (χ1n) is 3.94. The number of hydrogen-bond acceptors (Lipinski definition) is 3. The van der Waals surface area contributed by atoms with Crippen molar-refractivity contribution in [2.75, 3.05) is 4.72 Å². The molecule has 0 aliphatic heterocycles. The van der Waals surface area contributed by atoms with Gasteiger partial charge < -0.3 is 0 Å². The number of halogens is 1. The molecule has 1 aromatic heterocycles. The maximum atomic E-state index is 11.4. The predicted octanol–water partition coefficient (Wildman–Crippen LogP) is 2.06. The van der Waals surface area contributed by atoms with Crippen LogP contribution in [0.2, 0.25) is 4.34 Å². The zero-order valence-electron chi connectivity index (χ0n) is 7.74. The fraction of sp³-hybridized carbons (Fsp3) is 0.429. The molecule has 0 unspecified atom stereocenters. The van der Waals surface area contributed by atoms with Crippen LogP contribution in [0.15, 0.2) is 11.4 Å². The first-order chi connectivity index (χ1) is 6.41. The van der Waals surface area contributed by atoms with Crippen LogP contribution in [0.4, 0.5) is 5.69 Å². The smallest absolute Gasteiger partial charge is 0.269 e. The maximum Gasteiger partial charge on any atom is 0.299 e. The number of anilines is 1. The van der Waals surface area contributed by atoms with Crippen molar-refractivity contribution in [2.24, 2.45) is 0 Å². The van der Waals surface area contributed by atoms with E-state index in [0.29, 0.717) is 10.0 Å². The van der Waals surface area contributed by atoms with Crippen LogP contribution in [0.3, 0.4) is 0 Å². The molecule has 0 saturated heterocycles. The Morgan fingerprint density at radius 2 is 2.14 bits per heavy atom. The van der Waals surface area contributed by atoms with Gasteiger partial charge in [-0.15, -0.1) is 11.3 Å². The Morgan fingerprint density at radius 1 is 1.50 bits per heavy atom. The van der Waals surface area contributed by atoms with Crippen molar-refractivity contribution in [3.05, 3.63) is 15.8 Å². The van der Waals surface area contributed by atoms with Crippen LogP contribution in [0.1, 0.15) is 13.8 Å². The van der Waals surface area contributed by atoms with E-state index in [2.05, 4.69) is 9.44 Å². The van der Waals surface area contributed by atoms with E-state index in [4.69, 9.17) is 11.6 Å². The summed E-state index contributed by atoms with van der Waals surface area (Å²) in [4.78, 5) is 0. The van der Waals surface area contributed by atoms with Gasteiger partial charge in [0.2, 0.25) is 0 Å².